The van der Waals surface area contributed by atoms with Gasteiger partial charge in [-0.2, -0.15) is 0 Å². The van der Waals surface area contributed by atoms with Gasteiger partial charge in [0.1, 0.15) is 22.1 Å². The average molecular weight is 877 g/mol. The highest BCUT2D eigenvalue weighted by Crippen LogP contribution is 2.73. The maximum Gasteiger partial charge on any atom is 0.517 e. The Bertz CT molecular complexity index is 1430. The van der Waals surface area contributed by atoms with Crippen LogP contribution in [-0.2, 0) is 4.18 Å². The third-order valence-electron chi connectivity index (χ3n) is 11.9. The van der Waals surface area contributed by atoms with Crippen LogP contribution in [0.4, 0.5) is 4.79 Å². The molecule has 3 aromatic rings. The van der Waals surface area contributed by atoms with Gasteiger partial charge in [0.2, 0.25) is 0 Å². The van der Waals surface area contributed by atoms with E-state index in [1.165, 1.54) is 154 Å². The molecule has 0 heterocycles. The first kappa shape index (κ1) is 53.0. The lowest BCUT2D eigenvalue weighted by atomic mass is 10.1. The van der Waals surface area contributed by atoms with Gasteiger partial charge in [0.15, 0.2) is 0 Å². The summed E-state index contributed by atoms with van der Waals surface area (Å²) in [6.45, 7) is 8.43. The number of hydrogen-bond acceptors (Lipinski definition) is 5. The Hall–Kier alpha value is -3.32. The van der Waals surface area contributed by atoms with E-state index in [0.29, 0.717) is 42.0 Å². The molecule has 0 radical (unpaired) electrons. The zero-order chi connectivity index (χ0) is 44.2. The van der Waals surface area contributed by atoms with Gasteiger partial charge in [-0.3, -0.25) is 0 Å². The predicted octanol–water partition coefficient (Wildman–Crippen LogP) is 18.5. The molecular formula is C55H88O6S. The van der Waals surface area contributed by atoms with Gasteiger partial charge >= 0.3 is 6.16 Å². The predicted molar refractivity (Wildman–Crippen MR) is 263 cm³/mol. The fraction of sp³-hybridized carbons (Fsp3) is 0.655. The van der Waals surface area contributed by atoms with Crippen LogP contribution in [0.15, 0.2) is 87.5 Å². The molecule has 1 N–H and O–H groups in total. The van der Waals surface area contributed by atoms with Crippen LogP contribution in [0.3, 0.4) is 0 Å². The van der Waals surface area contributed by atoms with Crippen LogP contribution < -0.4 is 14.2 Å². The Kier molecular flexibility index (Phi) is 30.0. The van der Waals surface area contributed by atoms with E-state index < -0.39 is 16.5 Å². The molecule has 3 rings (SSSR count). The van der Waals surface area contributed by atoms with Crippen molar-refractivity contribution in [2.75, 3.05) is 19.8 Å². The minimum atomic E-state index is -2.89. The average Bonchev–Trinajstić information content (AvgIpc) is 3.29. The highest BCUT2D eigenvalue weighted by atomic mass is 32.3. The molecule has 350 valence electrons. The number of carbonyl (C=O) groups is 1. The smallest absolute Gasteiger partial charge is 0.493 e. The van der Waals surface area contributed by atoms with Crippen LogP contribution in [0.1, 0.15) is 213 Å². The normalized spacial score (nSPS) is 11.7. The van der Waals surface area contributed by atoms with Crippen molar-refractivity contribution in [1.29, 1.82) is 0 Å². The number of benzene rings is 3. The highest BCUT2D eigenvalue weighted by Gasteiger charge is 2.41. The molecule has 6 nitrogen and oxygen atoms in total. The third kappa shape index (κ3) is 21.4. The van der Waals surface area contributed by atoms with Crippen molar-refractivity contribution in [3.05, 3.63) is 72.8 Å². The van der Waals surface area contributed by atoms with Crippen LogP contribution in [-0.4, -0.2) is 31.1 Å². The minimum Gasteiger partial charge on any atom is -0.493 e. The van der Waals surface area contributed by atoms with Gasteiger partial charge < -0.3 is 23.5 Å². The van der Waals surface area contributed by atoms with E-state index in [0.717, 1.165) is 48.3 Å². The lowest BCUT2D eigenvalue weighted by molar-refractivity contribution is 0.150. The van der Waals surface area contributed by atoms with Crippen LogP contribution in [0.5, 0.6) is 17.2 Å². The van der Waals surface area contributed by atoms with Crippen LogP contribution in [0, 0.1) is 0 Å². The van der Waals surface area contributed by atoms with Gasteiger partial charge in [-0.25, -0.2) is 4.79 Å². The molecule has 62 heavy (non-hydrogen) atoms. The van der Waals surface area contributed by atoms with E-state index in [1.54, 1.807) is 0 Å². The zero-order valence-electron chi connectivity index (χ0n) is 39.7. The summed E-state index contributed by atoms with van der Waals surface area (Å²) in [7, 11) is -2.89. The van der Waals surface area contributed by atoms with Gasteiger partial charge in [-0.1, -0.05) is 231 Å². The fourth-order valence-electron chi connectivity index (χ4n) is 8.30. The zero-order valence-corrected chi connectivity index (χ0v) is 40.5. The van der Waals surface area contributed by atoms with Crippen molar-refractivity contribution in [2.24, 2.45) is 0 Å². The molecule has 0 spiro atoms. The number of carboxylic acid groups (broad SMARTS) is 1. The molecule has 0 saturated carbocycles. The molecule has 0 atom stereocenters. The molecule has 0 aliphatic rings. The van der Waals surface area contributed by atoms with Crippen molar-refractivity contribution < 1.29 is 28.3 Å². The molecule has 7 heteroatoms. The summed E-state index contributed by atoms with van der Waals surface area (Å²) in [5.41, 5.74) is 0. The van der Waals surface area contributed by atoms with E-state index >= 15 is 0 Å². The SMILES string of the molecule is CCCCCCCCCCCCOc1cc(OCCCCCCCCCCCC)c(S(OC(=O)O)(c2ccccc2)c2ccccc2)c(OCCCCCCCCCCCC)c1. The van der Waals surface area contributed by atoms with E-state index in [-0.39, 0.29) is 0 Å². The molecule has 0 bridgehead atoms. The maximum atomic E-state index is 13.0. The molecule has 0 aliphatic carbocycles. The molecule has 0 aromatic heterocycles. The Morgan fingerprint density at radius 2 is 0.710 bits per heavy atom. The minimum absolute atomic E-state index is 0.509. The van der Waals surface area contributed by atoms with Gasteiger partial charge in [0.05, 0.1) is 19.8 Å². The first-order valence-corrected chi connectivity index (χ1v) is 27.0. The summed E-state index contributed by atoms with van der Waals surface area (Å²) in [6.07, 6.45) is 36.0. The molecule has 0 aliphatic heterocycles. The summed E-state index contributed by atoms with van der Waals surface area (Å²) in [4.78, 5) is 15.1. The topological polar surface area (TPSA) is 74.2 Å². The summed E-state index contributed by atoms with van der Waals surface area (Å²) in [5, 5.41) is 10.6. The van der Waals surface area contributed by atoms with Gasteiger partial charge in [0.25, 0.3) is 0 Å². The third-order valence-corrected chi connectivity index (χ3v) is 15.1. The first-order chi connectivity index (χ1) is 30.6. The Balaban J connectivity index is 1.89. The molecule has 0 amide bonds. The standard InChI is InChI=1S/C55H88O6S/c1-4-7-10-13-16-19-22-25-28-37-44-58-49-47-52(59-45-38-29-26-23-20-17-14-11-8-5-2)54(53(48-49)60-46-39-30-27-24-21-18-15-12-9-6-3)62(61-55(56)57,50-40-33-31-34-41-50)51-42-35-32-36-43-51/h31-36,40-43,47-48H,4-30,37-39,44-46H2,1-3H3,(H,56,57). The number of rotatable bonds is 40. The van der Waals surface area contributed by atoms with Crippen molar-refractivity contribution in [1.82, 2.24) is 0 Å². The van der Waals surface area contributed by atoms with E-state index in [4.69, 9.17) is 18.4 Å². The summed E-state index contributed by atoms with van der Waals surface area (Å²) < 4.78 is 26.5. The summed E-state index contributed by atoms with van der Waals surface area (Å²) >= 11 is 0. The summed E-state index contributed by atoms with van der Waals surface area (Å²) in [6, 6.07) is 23.5. The lowest BCUT2D eigenvalue weighted by Gasteiger charge is -2.40. The van der Waals surface area contributed by atoms with E-state index in [9.17, 15) is 9.90 Å². The second-order valence-electron chi connectivity index (χ2n) is 17.4. The number of unbranched alkanes of at least 4 members (excludes halogenated alkanes) is 27. The van der Waals surface area contributed by atoms with Crippen molar-refractivity contribution in [2.45, 2.75) is 228 Å². The maximum absolute atomic E-state index is 13.0. The van der Waals surface area contributed by atoms with Crippen molar-refractivity contribution in [3.8, 4) is 17.2 Å². The fourth-order valence-corrected chi connectivity index (χ4v) is 11.4. The van der Waals surface area contributed by atoms with E-state index in [1.807, 2.05) is 72.8 Å². The molecule has 0 saturated heterocycles. The quantitative estimate of drug-likeness (QED) is 0.0574. The van der Waals surface area contributed by atoms with Crippen molar-refractivity contribution >= 4 is 16.5 Å². The second-order valence-corrected chi connectivity index (χ2v) is 20.0. The number of hydrogen-bond donors (Lipinski definition) is 1. The Morgan fingerprint density at radius 3 is 1.02 bits per heavy atom. The van der Waals surface area contributed by atoms with Crippen molar-refractivity contribution in [3.63, 3.8) is 0 Å². The van der Waals surface area contributed by atoms with Gasteiger partial charge in [-0.15, -0.1) is 0 Å². The summed E-state index contributed by atoms with van der Waals surface area (Å²) in [5.74, 6) is 1.83. The molecule has 0 fully saturated rings. The highest BCUT2D eigenvalue weighted by molar-refractivity contribution is 8.30. The van der Waals surface area contributed by atoms with Gasteiger partial charge in [-0.05, 0) is 43.5 Å². The largest absolute Gasteiger partial charge is 0.517 e. The molecule has 3 aromatic carbocycles. The first-order valence-electron chi connectivity index (χ1n) is 25.5. The van der Waals surface area contributed by atoms with E-state index in [2.05, 4.69) is 20.8 Å². The number of ether oxygens (including phenoxy) is 3. The Labute approximate surface area is 381 Å². The van der Waals surface area contributed by atoms with Crippen LogP contribution in [0.2, 0.25) is 0 Å². The van der Waals surface area contributed by atoms with Crippen LogP contribution >= 0.6 is 10.3 Å². The van der Waals surface area contributed by atoms with Gasteiger partial charge in [0, 0.05) is 32.2 Å². The molecule has 0 unspecified atom stereocenters. The van der Waals surface area contributed by atoms with Crippen LogP contribution in [0.25, 0.3) is 0 Å². The Morgan fingerprint density at radius 1 is 0.419 bits per heavy atom. The second kappa shape index (κ2) is 35.1. The monoisotopic (exact) mass is 877 g/mol. The lowest BCUT2D eigenvalue weighted by Crippen LogP contribution is -2.15. The molecular weight excluding hydrogens is 789 g/mol.